The molecule has 1 aromatic rings. The molecule has 1 aliphatic carbocycles. The van der Waals surface area contributed by atoms with E-state index in [4.69, 9.17) is 5.84 Å². The first-order valence-electron chi connectivity index (χ1n) is 6.51. The second-order valence-corrected chi connectivity index (χ2v) is 6.39. The van der Waals surface area contributed by atoms with Crippen molar-refractivity contribution in [3.63, 3.8) is 0 Å². The molecule has 0 spiro atoms. The lowest BCUT2D eigenvalue weighted by atomic mass is 9.84. The third-order valence-corrected chi connectivity index (χ3v) is 5.26. The lowest BCUT2D eigenvalue weighted by Crippen LogP contribution is -2.45. The lowest BCUT2D eigenvalue weighted by Gasteiger charge is -2.40. The van der Waals surface area contributed by atoms with Crippen molar-refractivity contribution in [2.75, 3.05) is 18.2 Å². The molecule has 0 aromatic heterocycles. The summed E-state index contributed by atoms with van der Waals surface area (Å²) in [6.45, 7) is 2.69. The van der Waals surface area contributed by atoms with E-state index in [1.165, 1.54) is 19.3 Å². The topological polar surface area (TPSA) is 67.2 Å². The molecule has 1 aromatic carbocycles. The number of carbonyl (C=O) groups is 1. The number of hydrogen-bond acceptors (Lipinski definition) is 4. The van der Waals surface area contributed by atoms with Crippen LogP contribution in [0.4, 0.5) is 5.69 Å². The quantitative estimate of drug-likeness (QED) is 0.571. The summed E-state index contributed by atoms with van der Waals surface area (Å²) in [6, 6.07) is 5.62. The van der Waals surface area contributed by atoms with Crippen molar-refractivity contribution in [3.05, 3.63) is 29.3 Å². The van der Waals surface area contributed by atoms with E-state index in [-0.39, 0.29) is 10.7 Å². The number of nitrogens with one attached hydrogen (secondary N) is 2. The van der Waals surface area contributed by atoms with Gasteiger partial charge in [-0.1, -0.05) is 18.1 Å². The smallest absolute Gasteiger partial charge is 0.253 e. The van der Waals surface area contributed by atoms with E-state index in [9.17, 15) is 4.79 Å². The molecule has 4 nitrogen and oxygen atoms in total. The van der Waals surface area contributed by atoms with Crippen LogP contribution in [0.2, 0.25) is 0 Å². The van der Waals surface area contributed by atoms with Crippen molar-refractivity contribution in [3.8, 4) is 0 Å². The van der Waals surface area contributed by atoms with Gasteiger partial charge in [0.05, 0.1) is 11.3 Å². The summed E-state index contributed by atoms with van der Waals surface area (Å²) < 4.78 is 0.246. The summed E-state index contributed by atoms with van der Waals surface area (Å²) in [5, 5.41) is 3.04. The van der Waals surface area contributed by atoms with Gasteiger partial charge in [0.15, 0.2) is 0 Å². The number of nitrogens with two attached hydrogens (primary N) is 1. The number of amides is 1. The summed E-state index contributed by atoms with van der Waals surface area (Å²) in [7, 11) is 0. The monoisotopic (exact) mass is 279 g/mol. The van der Waals surface area contributed by atoms with Crippen molar-refractivity contribution in [2.24, 2.45) is 5.84 Å². The van der Waals surface area contributed by atoms with Gasteiger partial charge in [0.2, 0.25) is 0 Å². The highest BCUT2D eigenvalue weighted by Crippen LogP contribution is 2.42. The summed E-state index contributed by atoms with van der Waals surface area (Å²) in [5.74, 6) is 5.39. The minimum absolute atomic E-state index is 0.0584. The molecule has 0 atom stereocenters. The Balaban J connectivity index is 2.05. The largest absolute Gasteiger partial charge is 0.351 e. The number of aryl methyl sites for hydroxylation is 1. The molecule has 0 saturated heterocycles. The molecule has 0 bridgehead atoms. The van der Waals surface area contributed by atoms with Crippen LogP contribution in [0.5, 0.6) is 0 Å². The zero-order chi connectivity index (χ0) is 13.9. The number of rotatable bonds is 5. The summed E-state index contributed by atoms with van der Waals surface area (Å²) in [4.78, 5) is 12.3. The highest BCUT2D eigenvalue weighted by molar-refractivity contribution is 8.00. The van der Waals surface area contributed by atoms with Crippen molar-refractivity contribution in [1.82, 2.24) is 5.32 Å². The number of carbonyl (C=O) groups excluding carboxylic acids is 1. The Bertz CT molecular complexity index is 466. The molecule has 1 saturated carbocycles. The first-order chi connectivity index (χ1) is 9.10. The molecule has 0 radical (unpaired) electrons. The van der Waals surface area contributed by atoms with Crippen LogP contribution in [0.3, 0.4) is 0 Å². The van der Waals surface area contributed by atoms with Crippen LogP contribution >= 0.6 is 11.8 Å². The third-order valence-electron chi connectivity index (χ3n) is 3.84. The molecular formula is C14H21N3OS. The number of hydrogen-bond donors (Lipinski definition) is 3. The summed E-state index contributed by atoms with van der Waals surface area (Å²) in [6.07, 6.45) is 5.75. The van der Waals surface area contributed by atoms with Crippen LogP contribution < -0.4 is 16.6 Å². The van der Waals surface area contributed by atoms with E-state index in [1.54, 1.807) is 0 Å². The Morgan fingerprint density at radius 2 is 2.21 bits per heavy atom. The molecule has 19 heavy (non-hydrogen) atoms. The third kappa shape index (κ3) is 3.04. The Labute approximate surface area is 118 Å². The Hall–Kier alpha value is -1.20. The number of benzene rings is 1. The van der Waals surface area contributed by atoms with E-state index < -0.39 is 0 Å². The van der Waals surface area contributed by atoms with Crippen LogP contribution in [-0.4, -0.2) is 23.5 Å². The number of anilines is 1. The Kier molecular flexibility index (Phi) is 4.37. The molecule has 5 heteroatoms. The minimum Gasteiger partial charge on any atom is -0.351 e. The van der Waals surface area contributed by atoms with Gasteiger partial charge in [-0.2, -0.15) is 11.8 Å². The fourth-order valence-corrected chi connectivity index (χ4v) is 3.25. The zero-order valence-corrected chi connectivity index (χ0v) is 12.3. The second-order valence-electron chi connectivity index (χ2n) is 5.12. The molecule has 1 aliphatic rings. The second kappa shape index (κ2) is 5.84. The maximum Gasteiger partial charge on any atom is 0.253 e. The summed E-state index contributed by atoms with van der Waals surface area (Å²) >= 11 is 1.85. The van der Waals surface area contributed by atoms with Gasteiger partial charge in [-0.25, -0.2) is 0 Å². The average molecular weight is 279 g/mol. The fourth-order valence-electron chi connectivity index (χ4n) is 2.33. The van der Waals surface area contributed by atoms with Crippen molar-refractivity contribution in [1.29, 1.82) is 0 Å². The number of nitrogen functional groups attached to an aromatic ring is 1. The van der Waals surface area contributed by atoms with Crippen molar-refractivity contribution < 1.29 is 4.79 Å². The molecule has 4 N–H and O–H groups in total. The van der Waals surface area contributed by atoms with E-state index in [2.05, 4.69) is 17.0 Å². The molecular weight excluding hydrogens is 258 g/mol. The predicted octanol–water partition coefficient (Wildman–Crippen LogP) is 2.30. The normalized spacial score (nSPS) is 16.6. The molecule has 1 fully saturated rings. The molecule has 0 aliphatic heterocycles. The van der Waals surface area contributed by atoms with Gasteiger partial charge >= 0.3 is 0 Å². The molecule has 104 valence electrons. The van der Waals surface area contributed by atoms with Crippen LogP contribution in [0.15, 0.2) is 18.2 Å². The Morgan fingerprint density at radius 1 is 1.47 bits per heavy atom. The first-order valence-corrected chi connectivity index (χ1v) is 7.73. The van der Waals surface area contributed by atoms with E-state index in [0.717, 1.165) is 12.1 Å². The van der Waals surface area contributed by atoms with Gasteiger partial charge in [-0.3, -0.25) is 10.6 Å². The van der Waals surface area contributed by atoms with Crippen molar-refractivity contribution >= 4 is 23.4 Å². The lowest BCUT2D eigenvalue weighted by molar-refractivity contribution is 0.0944. The zero-order valence-electron chi connectivity index (χ0n) is 11.5. The van der Waals surface area contributed by atoms with Crippen molar-refractivity contribution in [2.45, 2.75) is 30.9 Å². The predicted molar refractivity (Wildman–Crippen MR) is 81.4 cm³/mol. The first kappa shape index (κ1) is 14.2. The van der Waals surface area contributed by atoms with Gasteiger partial charge in [-0.15, -0.1) is 0 Å². The minimum atomic E-state index is -0.0584. The van der Waals surface area contributed by atoms with Crippen LogP contribution in [0.1, 0.15) is 35.2 Å². The number of thioether (sulfide) groups is 1. The van der Waals surface area contributed by atoms with Gasteiger partial charge in [0, 0.05) is 11.3 Å². The van der Waals surface area contributed by atoms with E-state index in [1.807, 2.05) is 36.9 Å². The average Bonchev–Trinajstić information content (AvgIpc) is 2.37. The van der Waals surface area contributed by atoms with Gasteiger partial charge in [0.25, 0.3) is 5.91 Å². The number of hydrazine groups is 1. The standard InChI is InChI=1S/C14H21N3OS/c1-10-4-5-12(17-15)11(8-10)13(18)16-9-14(19-2)6-3-7-14/h4-5,8,17H,3,6-7,9,15H2,1-2H3,(H,16,18). The van der Waals surface area contributed by atoms with Crippen LogP contribution in [0.25, 0.3) is 0 Å². The van der Waals surface area contributed by atoms with Gasteiger partial charge in [0.1, 0.15) is 0 Å². The van der Waals surface area contributed by atoms with E-state index in [0.29, 0.717) is 11.3 Å². The maximum absolute atomic E-state index is 12.3. The van der Waals surface area contributed by atoms with Crippen LogP contribution in [0, 0.1) is 6.92 Å². The fraction of sp³-hybridized carbons (Fsp3) is 0.500. The summed E-state index contributed by atoms with van der Waals surface area (Å²) in [5.41, 5.74) is 4.90. The molecule has 0 heterocycles. The Morgan fingerprint density at radius 3 is 2.74 bits per heavy atom. The van der Waals surface area contributed by atoms with Gasteiger partial charge in [-0.05, 0) is 38.2 Å². The highest BCUT2D eigenvalue weighted by atomic mass is 32.2. The maximum atomic E-state index is 12.3. The van der Waals surface area contributed by atoms with Crippen LogP contribution in [-0.2, 0) is 0 Å². The molecule has 0 unspecified atom stereocenters. The highest BCUT2D eigenvalue weighted by Gasteiger charge is 2.36. The molecule has 1 amide bonds. The SMILES string of the molecule is CSC1(CNC(=O)c2cc(C)ccc2NN)CCC1. The molecule has 2 rings (SSSR count). The van der Waals surface area contributed by atoms with Gasteiger partial charge < -0.3 is 10.7 Å². The van der Waals surface area contributed by atoms with E-state index >= 15 is 0 Å².